The minimum atomic E-state index is -0.0854. The molecule has 150 valence electrons. The molecule has 0 unspecified atom stereocenters. The Labute approximate surface area is 178 Å². The summed E-state index contributed by atoms with van der Waals surface area (Å²) in [6.07, 6.45) is 4.06. The van der Waals surface area contributed by atoms with Crippen molar-refractivity contribution in [3.8, 4) is 0 Å². The first-order valence-corrected chi connectivity index (χ1v) is 10.8. The van der Waals surface area contributed by atoms with Crippen molar-refractivity contribution in [3.63, 3.8) is 0 Å². The molecule has 0 spiro atoms. The standard InChI is InChI=1S/C27H26N2O/c30-27-25-19-11-10-18-24(25)26(28(27)20-21-12-4-1-5-13-21)29(22-14-6-2-7-15-22)23-16-8-3-9-17-23/h1-9,12-17,26H,10-11,18-20H2/t26-/m0/s1. The van der Waals surface area contributed by atoms with Crippen molar-refractivity contribution in [2.45, 2.75) is 38.4 Å². The lowest BCUT2D eigenvalue weighted by Crippen LogP contribution is -2.45. The second-order valence-corrected chi connectivity index (χ2v) is 8.04. The van der Waals surface area contributed by atoms with Crippen LogP contribution in [-0.4, -0.2) is 17.0 Å². The Morgan fingerprint density at radius 2 is 1.27 bits per heavy atom. The summed E-state index contributed by atoms with van der Waals surface area (Å²) in [7, 11) is 0. The lowest BCUT2D eigenvalue weighted by atomic mass is 9.92. The molecule has 3 aromatic carbocycles. The van der Waals surface area contributed by atoms with E-state index in [1.807, 2.05) is 30.3 Å². The van der Waals surface area contributed by atoms with E-state index in [0.29, 0.717) is 6.54 Å². The fourth-order valence-corrected chi connectivity index (χ4v) is 4.77. The van der Waals surface area contributed by atoms with Crippen LogP contribution in [0.4, 0.5) is 11.4 Å². The van der Waals surface area contributed by atoms with E-state index in [1.165, 1.54) is 5.57 Å². The molecule has 0 bridgehead atoms. The molecular formula is C27H26N2O. The molecule has 1 aliphatic carbocycles. The molecule has 3 heteroatoms. The number of benzene rings is 3. The van der Waals surface area contributed by atoms with E-state index in [2.05, 4.69) is 70.5 Å². The van der Waals surface area contributed by atoms with Crippen molar-refractivity contribution >= 4 is 17.3 Å². The van der Waals surface area contributed by atoms with Crippen molar-refractivity contribution in [3.05, 3.63) is 108 Å². The number of carbonyl (C=O) groups is 1. The molecule has 3 nitrogen and oxygen atoms in total. The van der Waals surface area contributed by atoms with Crippen LogP contribution in [0.3, 0.4) is 0 Å². The maximum absolute atomic E-state index is 13.6. The van der Waals surface area contributed by atoms with Gasteiger partial charge in [-0.25, -0.2) is 0 Å². The average molecular weight is 395 g/mol. The van der Waals surface area contributed by atoms with Crippen LogP contribution in [-0.2, 0) is 11.3 Å². The van der Waals surface area contributed by atoms with Gasteiger partial charge in [-0.1, -0.05) is 66.7 Å². The van der Waals surface area contributed by atoms with E-state index in [0.717, 1.165) is 48.2 Å². The number of carbonyl (C=O) groups excluding carboxylic acids is 1. The van der Waals surface area contributed by atoms with E-state index in [-0.39, 0.29) is 12.1 Å². The van der Waals surface area contributed by atoms with Crippen LogP contribution in [0.15, 0.2) is 102 Å². The molecule has 0 saturated carbocycles. The lowest BCUT2D eigenvalue weighted by molar-refractivity contribution is -0.127. The maximum Gasteiger partial charge on any atom is 0.252 e. The first-order valence-electron chi connectivity index (χ1n) is 10.8. The zero-order valence-corrected chi connectivity index (χ0v) is 17.1. The van der Waals surface area contributed by atoms with Crippen molar-refractivity contribution in [2.24, 2.45) is 0 Å². The van der Waals surface area contributed by atoms with Gasteiger partial charge in [0.1, 0.15) is 6.17 Å². The second kappa shape index (κ2) is 8.19. The molecule has 2 aliphatic rings. The van der Waals surface area contributed by atoms with E-state index >= 15 is 0 Å². The third-order valence-electron chi connectivity index (χ3n) is 6.15. The van der Waals surface area contributed by atoms with Crippen LogP contribution in [0.5, 0.6) is 0 Å². The highest BCUT2D eigenvalue weighted by molar-refractivity contribution is 5.99. The van der Waals surface area contributed by atoms with E-state index in [9.17, 15) is 4.79 Å². The topological polar surface area (TPSA) is 23.6 Å². The molecule has 5 rings (SSSR count). The number of nitrogens with zero attached hydrogens (tertiary/aromatic N) is 2. The number of hydrogen-bond acceptors (Lipinski definition) is 2. The van der Waals surface area contributed by atoms with Crippen LogP contribution in [0.2, 0.25) is 0 Å². The highest BCUT2D eigenvalue weighted by Crippen LogP contribution is 2.42. The Kier molecular flexibility index (Phi) is 5.10. The Balaban J connectivity index is 1.63. The third kappa shape index (κ3) is 3.41. The molecule has 1 amide bonds. The number of rotatable bonds is 5. The predicted octanol–water partition coefficient (Wildman–Crippen LogP) is 6.06. The Bertz CT molecular complexity index is 1000. The van der Waals surface area contributed by atoms with Crippen LogP contribution in [0.1, 0.15) is 31.2 Å². The van der Waals surface area contributed by atoms with Crippen molar-refractivity contribution in [2.75, 3.05) is 4.90 Å². The molecule has 3 aromatic rings. The summed E-state index contributed by atoms with van der Waals surface area (Å²) in [5, 5.41) is 0. The summed E-state index contributed by atoms with van der Waals surface area (Å²) in [5.74, 6) is 0.204. The van der Waals surface area contributed by atoms with Gasteiger partial charge in [0.25, 0.3) is 5.91 Å². The monoisotopic (exact) mass is 394 g/mol. The second-order valence-electron chi connectivity index (χ2n) is 8.04. The minimum absolute atomic E-state index is 0.0854. The summed E-state index contributed by atoms with van der Waals surface area (Å²) in [6, 6.07) is 31.2. The summed E-state index contributed by atoms with van der Waals surface area (Å²) in [4.78, 5) is 18.0. The summed E-state index contributed by atoms with van der Waals surface area (Å²) < 4.78 is 0. The van der Waals surface area contributed by atoms with E-state index in [4.69, 9.17) is 0 Å². The molecule has 0 N–H and O–H groups in total. The molecule has 1 heterocycles. The minimum Gasteiger partial charge on any atom is -0.317 e. The SMILES string of the molecule is O=C1C2=C(CCCC2)[C@H](N(c2ccccc2)c2ccccc2)N1Cc1ccccc1. The molecule has 0 aromatic heterocycles. The van der Waals surface area contributed by atoms with Gasteiger partial charge in [0.2, 0.25) is 0 Å². The van der Waals surface area contributed by atoms with Gasteiger partial charge in [-0.05, 0) is 61.1 Å². The molecule has 1 atom stereocenters. The molecule has 0 radical (unpaired) electrons. The Morgan fingerprint density at radius 1 is 0.733 bits per heavy atom. The largest absolute Gasteiger partial charge is 0.317 e. The van der Waals surface area contributed by atoms with Gasteiger partial charge in [0, 0.05) is 23.5 Å². The predicted molar refractivity (Wildman–Crippen MR) is 121 cm³/mol. The maximum atomic E-state index is 13.6. The fraction of sp³-hybridized carbons (Fsp3) is 0.222. The smallest absolute Gasteiger partial charge is 0.252 e. The average Bonchev–Trinajstić information content (AvgIpc) is 3.08. The summed E-state index contributed by atoms with van der Waals surface area (Å²) in [5.41, 5.74) is 5.73. The number of para-hydroxylation sites is 2. The molecule has 30 heavy (non-hydrogen) atoms. The lowest BCUT2D eigenvalue weighted by Gasteiger charge is -2.39. The zero-order chi connectivity index (χ0) is 20.3. The van der Waals surface area contributed by atoms with Crippen LogP contribution in [0.25, 0.3) is 0 Å². The Morgan fingerprint density at radius 3 is 1.87 bits per heavy atom. The Hall–Kier alpha value is -3.33. The van der Waals surface area contributed by atoms with Crippen molar-refractivity contribution < 1.29 is 4.79 Å². The van der Waals surface area contributed by atoms with E-state index < -0.39 is 0 Å². The van der Waals surface area contributed by atoms with Gasteiger partial charge in [-0.2, -0.15) is 0 Å². The zero-order valence-electron chi connectivity index (χ0n) is 17.1. The summed E-state index contributed by atoms with van der Waals surface area (Å²) in [6.45, 7) is 0.619. The van der Waals surface area contributed by atoms with Gasteiger partial charge in [-0.3, -0.25) is 4.79 Å². The first kappa shape index (κ1) is 18.7. The molecular weight excluding hydrogens is 368 g/mol. The van der Waals surface area contributed by atoms with Gasteiger partial charge >= 0.3 is 0 Å². The quantitative estimate of drug-likeness (QED) is 0.525. The number of amides is 1. The van der Waals surface area contributed by atoms with E-state index in [1.54, 1.807) is 0 Å². The van der Waals surface area contributed by atoms with Gasteiger partial charge in [-0.15, -0.1) is 0 Å². The van der Waals surface area contributed by atoms with Crippen LogP contribution < -0.4 is 4.90 Å². The normalized spacial score (nSPS) is 18.5. The third-order valence-corrected chi connectivity index (χ3v) is 6.15. The highest BCUT2D eigenvalue weighted by Gasteiger charge is 2.43. The number of hydrogen-bond donors (Lipinski definition) is 0. The van der Waals surface area contributed by atoms with Gasteiger partial charge < -0.3 is 9.80 Å². The highest BCUT2D eigenvalue weighted by atomic mass is 16.2. The fourth-order valence-electron chi connectivity index (χ4n) is 4.77. The molecule has 0 fully saturated rings. The van der Waals surface area contributed by atoms with Gasteiger partial charge in [0.05, 0.1) is 0 Å². The molecule has 0 saturated heterocycles. The van der Waals surface area contributed by atoms with Crippen molar-refractivity contribution in [1.29, 1.82) is 0 Å². The molecule has 1 aliphatic heterocycles. The van der Waals surface area contributed by atoms with Gasteiger partial charge in [0.15, 0.2) is 0 Å². The van der Waals surface area contributed by atoms with Crippen LogP contribution in [0, 0.1) is 0 Å². The first-order chi connectivity index (χ1) is 14.8. The number of anilines is 2. The summed E-state index contributed by atoms with van der Waals surface area (Å²) >= 11 is 0. The van der Waals surface area contributed by atoms with Crippen LogP contribution >= 0.6 is 0 Å². The van der Waals surface area contributed by atoms with Crippen molar-refractivity contribution in [1.82, 2.24) is 4.90 Å².